The molecule has 1 aliphatic heterocycles. The number of imidazole rings is 1. The van der Waals surface area contributed by atoms with Crippen LogP contribution in [-0.4, -0.2) is 22.6 Å². The number of ether oxygens (including phenoxy) is 1. The Hall–Kier alpha value is -3.15. The third-order valence-electron chi connectivity index (χ3n) is 5.75. The number of benzene rings is 2. The first kappa shape index (κ1) is 20.1. The van der Waals surface area contributed by atoms with E-state index in [2.05, 4.69) is 40.8 Å². The number of aromatic nitrogens is 2. The molecule has 1 aromatic heterocycles. The fraction of sp³-hybridized carbons (Fsp3) is 0.333. The third kappa shape index (κ3) is 4.08. The lowest BCUT2D eigenvalue weighted by Crippen LogP contribution is -2.23. The molecule has 2 heterocycles. The summed E-state index contributed by atoms with van der Waals surface area (Å²) < 4.78 is 20.6. The number of fused-ring (bicyclic) bond motifs is 1. The second-order valence-corrected chi connectivity index (χ2v) is 7.93. The maximum Gasteiger partial charge on any atom is 0.271 e. The molecule has 156 valence electrons. The van der Waals surface area contributed by atoms with Crippen molar-refractivity contribution in [3.8, 4) is 5.75 Å². The Kier molecular flexibility index (Phi) is 5.57. The van der Waals surface area contributed by atoms with Crippen molar-refractivity contribution < 1.29 is 13.9 Å². The monoisotopic (exact) mass is 407 g/mol. The molecule has 1 N–H and O–H groups in total. The number of hydrogen-bond donors (Lipinski definition) is 1. The highest BCUT2D eigenvalue weighted by molar-refractivity contribution is 5.92. The molecule has 0 radical (unpaired) electrons. The van der Waals surface area contributed by atoms with E-state index in [-0.39, 0.29) is 11.7 Å². The maximum atomic E-state index is 13.0. The van der Waals surface area contributed by atoms with Crippen molar-refractivity contribution >= 4 is 5.91 Å². The van der Waals surface area contributed by atoms with Crippen molar-refractivity contribution in [2.45, 2.75) is 45.7 Å². The predicted molar refractivity (Wildman–Crippen MR) is 113 cm³/mol. The van der Waals surface area contributed by atoms with Crippen molar-refractivity contribution in [3.63, 3.8) is 0 Å². The summed E-state index contributed by atoms with van der Waals surface area (Å²) in [7, 11) is 1.70. The molecular weight excluding hydrogens is 381 g/mol. The molecule has 0 bridgehead atoms. The van der Waals surface area contributed by atoms with Crippen LogP contribution in [0.2, 0.25) is 0 Å². The molecule has 30 heavy (non-hydrogen) atoms. The average Bonchev–Trinajstić information content (AvgIpc) is 3.16. The number of carbonyl (C=O) groups excluding carboxylic acids is 1. The largest absolute Gasteiger partial charge is 0.496 e. The molecule has 2 aromatic carbocycles. The highest BCUT2D eigenvalue weighted by Crippen LogP contribution is 2.33. The summed E-state index contributed by atoms with van der Waals surface area (Å²) in [4.78, 5) is 17.1. The van der Waals surface area contributed by atoms with E-state index in [0.717, 1.165) is 47.7 Å². The zero-order chi connectivity index (χ0) is 21.3. The Morgan fingerprint density at radius 1 is 1.23 bits per heavy atom. The number of rotatable bonds is 5. The number of methoxy groups -OCH3 is 1. The lowest BCUT2D eigenvalue weighted by molar-refractivity contribution is 0.0946. The van der Waals surface area contributed by atoms with Crippen LogP contribution in [0.4, 0.5) is 4.39 Å². The van der Waals surface area contributed by atoms with E-state index < -0.39 is 0 Å². The number of carbonyl (C=O) groups is 1. The van der Waals surface area contributed by atoms with Crippen LogP contribution in [0.15, 0.2) is 42.6 Å². The van der Waals surface area contributed by atoms with E-state index >= 15 is 0 Å². The van der Waals surface area contributed by atoms with E-state index in [0.29, 0.717) is 18.2 Å². The molecule has 0 saturated carbocycles. The van der Waals surface area contributed by atoms with Crippen LogP contribution >= 0.6 is 0 Å². The molecule has 0 saturated heterocycles. The van der Waals surface area contributed by atoms with Crippen molar-refractivity contribution in [1.29, 1.82) is 0 Å². The van der Waals surface area contributed by atoms with Gasteiger partial charge >= 0.3 is 0 Å². The molecule has 1 aliphatic rings. The molecule has 0 aliphatic carbocycles. The normalized spacial score (nSPS) is 15.5. The molecule has 1 amide bonds. The zero-order valence-corrected chi connectivity index (χ0v) is 17.5. The van der Waals surface area contributed by atoms with Gasteiger partial charge in [0.1, 0.15) is 23.1 Å². The first-order valence-electron chi connectivity index (χ1n) is 10.2. The van der Waals surface area contributed by atoms with Gasteiger partial charge in [-0.1, -0.05) is 24.3 Å². The quantitative estimate of drug-likeness (QED) is 0.686. The lowest BCUT2D eigenvalue weighted by Gasteiger charge is -2.25. The average molecular weight is 407 g/mol. The number of hydrogen-bond acceptors (Lipinski definition) is 3. The third-order valence-corrected chi connectivity index (χ3v) is 5.75. The van der Waals surface area contributed by atoms with Gasteiger partial charge in [-0.05, 0) is 54.7 Å². The number of halogens is 1. The highest BCUT2D eigenvalue weighted by Gasteiger charge is 2.24. The van der Waals surface area contributed by atoms with Gasteiger partial charge in [-0.25, -0.2) is 9.37 Å². The topological polar surface area (TPSA) is 56.1 Å². The predicted octanol–water partition coefficient (Wildman–Crippen LogP) is 4.31. The van der Waals surface area contributed by atoms with Gasteiger partial charge in [0.25, 0.3) is 5.91 Å². The molecule has 4 rings (SSSR count). The molecule has 0 spiro atoms. The minimum Gasteiger partial charge on any atom is -0.496 e. The summed E-state index contributed by atoms with van der Waals surface area (Å²) in [6, 6.07) is 10.5. The molecule has 1 atom stereocenters. The molecule has 5 nitrogen and oxygen atoms in total. The maximum absolute atomic E-state index is 13.0. The van der Waals surface area contributed by atoms with Gasteiger partial charge in [0.2, 0.25) is 0 Å². The fourth-order valence-electron chi connectivity index (χ4n) is 4.24. The Balaban J connectivity index is 1.45. The molecular formula is C24H26FN3O2. The summed E-state index contributed by atoms with van der Waals surface area (Å²) in [5.41, 5.74) is 4.86. The van der Waals surface area contributed by atoms with E-state index in [1.54, 1.807) is 19.2 Å². The van der Waals surface area contributed by atoms with Gasteiger partial charge in [-0.3, -0.25) is 4.79 Å². The molecule has 0 fully saturated rings. The summed E-state index contributed by atoms with van der Waals surface area (Å²) >= 11 is 0. The summed E-state index contributed by atoms with van der Waals surface area (Å²) in [5.74, 6) is 1.76. The number of aryl methyl sites for hydroxylation is 3. The zero-order valence-electron chi connectivity index (χ0n) is 17.5. The second-order valence-electron chi connectivity index (χ2n) is 7.93. The van der Waals surface area contributed by atoms with Gasteiger partial charge in [0.05, 0.1) is 7.11 Å². The van der Waals surface area contributed by atoms with Crippen molar-refractivity contribution in [3.05, 3.63) is 82.2 Å². The van der Waals surface area contributed by atoms with E-state index in [4.69, 9.17) is 4.74 Å². The molecule has 6 heteroatoms. The minimum atomic E-state index is -0.288. The van der Waals surface area contributed by atoms with E-state index in [1.165, 1.54) is 17.7 Å². The van der Waals surface area contributed by atoms with Crippen molar-refractivity contribution in [1.82, 2.24) is 14.9 Å². The van der Waals surface area contributed by atoms with Crippen LogP contribution in [0.1, 0.15) is 50.9 Å². The minimum absolute atomic E-state index is 0.214. The Bertz CT molecular complexity index is 1050. The lowest BCUT2D eigenvalue weighted by atomic mass is 9.89. The Morgan fingerprint density at radius 3 is 2.60 bits per heavy atom. The summed E-state index contributed by atoms with van der Waals surface area (Å²) in [6.07, 6.45) is 3.67. The van der Waals surface area contributed by atoms with Gasteiger partial charge in [-0.2, -0.15) is 0 Å². The van der Waals surface area contributed by atoms with Gasteiger partial charge in [0.15, 0.2) is 0 Å². The number of nitrogens with one attached hydrogen (secondary N) is 1. The second kappa shape index (κ2) is 8.30. The van der Waals surface area contributed by atoms with Crippen LogP contribution in [0.25, 0.3) is 0 Å². The number of nitrogens with zero attached hydrogens (tertiary/aromatic N) is 2. The van der Waals surface area contributed by atoms with Crippen molar-refractivity contribution in [2.75, 3.05) is 7.11 Å². The Labute approximate surface area is 175 Å². The molecule has 1 unspecified atom stereocenters. The smallest absolute Gasteiger partial charge is 0.271 e. The first-order chi connectivity index (χ1) is 14.4. The summed E-state index contributed by atoms with van der Waals surface area (Å²) in [5, 5.41) is 2.86. The SMILES string of the molecule is COc1c(C)cc(C2CCc3nc(C(=O)NCc4ccc(F)cc4)cn3C2)cc1C. The van der Waals surface area contributed by atoms with E-state index in [9.17, 15) is 9.18 Å². The van der Waals surface area contributed by atoms with Crippen LogP contribution in [0.5, 0.6) is 5.75 Å². The van der Waals surface area contributed by atoms with Crippen LogP contribution in [-0.2, 0) is 19.5 Å². The highest BCUT2D eigenvalue weighted by atomic mass is 19.1. The van der Waals surface area contributed by atoms with E-state index in [1.807, 2.05) is 6.20 Å². The van der Waals surface area contributed by atoms with Gasteiger partial charge in [-0.15, -0.1) is 0 Å². The van der Waals surface area contributed by atoms with Crippen LogP contribution in [0.3, 0.4) is 0 Å². The first-order valence-corrected chi connectivity index (χ1v) is 10.2. The number of amides is 1. The van der Waals surface area contributed by atoms with Gasteiger partial charge < -0.3 is 14.6 Å². The van der Waals surface area contributed by atoms with Crippen LogP contribution < -0.4 is 10.1 Å². The van der Waals surface area contributed by atoms with Gasteiger partial charge in [0, 0.05) is 31.6 Å². The fourth-order valence-corrected chi connectivity index (χ4v) is 4.24. The Morgan fingerprint density at radius 2 is 1.93 bits per heavy atom. The van der Waals surface area contributed by atoms with Crippen molar-refractivity contribution in [2.24, 2.45) is 0 Å². The van der Waals surface area contributed by atoms with Crippen LogP contribution in [0, 0.1) is 19.7 Å². The standard InChI is InChI=1S/C24H26FN3O2/c1-15-10-19(11-16(2)23(15)30-3)18-6-9-22-27-21(14-28(22)13-18)24(29)26-12-17-4-7-20(25)8-5-17/h4-5,7-8,10-11,14,18H,6,9,12-13H2,1-3H3,(H,26,29). The summed E-state index contributed by atoms with van der Waals surface area (Å²) in [6.45, 7) is 5.29. The molecule has 3 aromatic rings.